The lowest BCUT2D eigenvalue weighted by molar-refractivity contribution is 0.440. The van der Waals surface area contributed by atoms with E-state index in [1.54, 1.807) is 5.41 Å². The molecule has 0 amide bonds. The Balaban J connectivity index is 2.33. The van der Waals surface area contributed by atoms with E-state index in [9.17, 15) is 4.21 Å². The maximum atomic E-state index is 11.6. The molecule has 2 rings (SSSR count). The summed E-state index contributed by atoms with van der Waals surface area (Å²) in [5, 5.41) is 1.73. The Morgan fingerprint density at radius 2 is 2.00 bits per heavy atom. The molecule has 3 heteroatoms. The molecule has 1 aromatic rings. The Labute approximate surface area is 80.3 Å². The van der Waals surface area contributed by atoms with Crippen LogP contribution >= 0.6 is 0 Å². The van der Waals surface area contributed by atoms with Gasteiger partial charge >= 0.3 is 0 Å². The maximum Gasteiger partial charge on any atom is 0.134 e. The minimum Gasteiger partial charge on any atom is -0.362 e. The second-order valence-corrected chi connectivity index (χ2v) is 4.42. The molecule has 0 fully saturated rings. The monoisotopic (exact) mass is 193 g/mol. The quantitative estimate of drug-likeness (QED) is 0.678. The summed E-state index contributed by atoms with van der Waals surface area (Å²) >= 11 is 0. The molecule has 1 aliphatic heterocycles. The van der Waals surface area contributed by atoms with Crippen LogP contribution in [0.4, 0.5) is 0 Å². The topological polar surface area (TPSA) is 20.3 Å². The number of hydrogen-bond acceptors (Lipinski definition) is 2. The highest BCUT2D eigenvalue weighted by molar-refractivity contribution is 7.88. The molecule has 0 saturated heterocycles. The van der Waals surface area contributed by atoms with Gasteiger partial charge in [-0.3, -0.25) is 4.21 Å². The van der Waals surface area contributed by atoms with Gasteiger partial charge in [0, 0.05) is 18.7 Å². The zero-order valence-electron chi connectivity index (χ0n) is 7.38. The smallest absolute Gasteiger partial charge is 0.134 e. The van der Waals surface area contributed by atoms with Crippen molar-refractivity contribution >= 4 is 10.8 Å². The van der Waals surface area contributed by atoms with Crippen molar-refractivity contribution in [3.8, 4) is 0 Å². The molecule has 0 spiro atoms. The van der Waals surface area contributed by atoms with Crippen LogP contribution < -0.4 is 0 Å². The van der Waals surface area contributed by atoms with Gasteiger partial charge in [-0.15, -0.1) is 0 Å². The first-order valence-electron chi connectivity index (χ1n) is 4.13. The summed E-state index contributed by atoms with van der Waals surface area (Å²) < 4.78 is 11.6. The fraction of sp³-hybridized carbons (Fsp3) is 0.200. The maximum absolute atomic E-state index is 11.6. The summed E-state index contributed by atoms with van der Waals surface area (Å²) in [5.74, 6) is 0. The van der Waals surface area contributed by atoms with Crippen LogP contribution in [-0.4, -0.2) is 16.2 Å². The van der Waals surface area contributed by atoms with Crippen LogP contribution in [0.2, 0.25) is 0 Å². The van der Waals surface area contributed by atoms with E-state index in [2.05, 4.69) is 0 Å². The third kappa shape index (κ3) is 1.52. The molecule has 0 bridgehead atoms. The van der Waals surface area contributed by atoms with Crippen LogP contribution in [0.25, 0.3) is 0 Å². The molecule has 2 nitrogen and oxygen atoms in total. The second kappa shape index (κ2) is 3.34. The first kappa shape index (κ1) is 8.51. The van der Waals surface area contributed by atoms with Gasteiger partial charge < -0.3 is 4.90 Å². The first-order valence-corrected chi connectivity index (χ1v) is 5.41. The average molecular weight is 193 g/mol. The van der Waals surface area contributed by atoms with Crippen molar-refractivity contribution in [2.45, 2.75) is 5.37 Å². The predicted molar refractivity (Wildman–Crippen MR) is 54.2 cm³/mol. The third-order valence-electron chi connectivity index (χ3n) is 2.10. The van der Waals surface area contributed by atoms with Gasteiger partial charge in [0.05, 0.1) is 10.8 Å². The predicted octanol–water partition coefficient (Wildman–Crippen LogP) is 1.85. The van der Waals surface area contributed by atoms with Crippen molar-refractivity contribution in [3.63, 3.8) is 0 Å². The highest BCUT2D eigenvalue weighted by Gasteiger charge is 2.24. The summed E-state index contributed by atoms with van der Waals surface area (Å²) in [7, 11) is 1.05. The molecule has 1 aromatic carbocycles. The van der Waals surface area contributed by atoms with Crippen molar-refractivity contribution in [2.75, 3.05) is 7.05 Å². The number of hydrogen-bond donors (Lipinski definition) is 0. The Bertz CT molecular complexity index is 347. The largest absolute Gasteiger partial charge is 0.362 e. The molecule has 0 aliphatic carbocycles. The molecule has 2 atom stereocenters. The average Bonchev–Trinajstić information content (AvgIpc) is 2.48. The van der Waals surface area contributed by atoms with E-state index in [0.29, 0.717) is 0 Å². The number of benzene rings is 1. The molecule has 0 aromatic heterocycles. The van der Waals surface area contributed by atoms with Crippen molar-refractivity contribution in [1.29, 1.82) is 0 Å². The van der Waals surface area contributed by atoms with Crippen LogP contribution in [-0.2, 0) is 10.8 Å². The minimum atomic E-state index is -0.896. The SMILES string of the molecule is CN1C=CS(=O)C1c1ccccc1. The van der Waals surface area contributed by atoms with Crippen LogP contribution in [0.1, 0.15) is 10.9 Å². The van der Waals surface area contributed by atoms with Crippen LogP contribution in [0.15, 0.2) is 41.9 Å². The van der Waals surface area contributed by atoms with Gasteiger partial charge in [-0.05, 0) is 5.56 Å². The molecule has 0 radical (unpaired) electrons. The Morgan fingerprint density at radius 1 is 1.31 bits per heavy atom. The van der Waals surface area contributed by atoms with Crippen LogP contribution in [0.5, 0.6) is 0 Å². The summed E-state index contributed by atoms with van der Waals surface area (Å²) in [5.41, 5.74) is 1.10. The lowest BCUT2D eigenvalue weighted by Gasteiger charge is -2.19. The van der Waals surface area contributed by atoms with Crippen LogP contribution in [0.3, 0.4) is 0 Å². The summed E-state index contributed by atoms with van der Waals surface area (Å²) in [6.07, 6.45) is 1.87. The Morgan fingerprint density at radius 3 is 2.54 bits per heavy atom. The number of rotatable bonds is 1. The Kier molecular flexibility index (Phi) is 2.19. The molecule has 0 saturated carbocycles. The zero-order chi connectivity index (χ0) is 9.26. The van der Waals surface area contributed by atoms with Gasteiger partial charge in [-0.1, -0.05) is 30.3 Å². The second-order valence-electron chi connectivity index (χ2n) is 3.04. The lowest BCUT2D eigenvalue weighted by atomic mass is 10.2. The molecular weight excluding hydrogens is 182 g/mol. The summed E-state index contributed by atoms with van der Waals surface area (Å²) in [6.45, 7) is 0. The molecule has 68 valence electrons. The fourth-order valence-electron chi connectivity index (χ4n) is 1.46. The molecule has 1 aliphatic rings. The van der Waals surface area contributed by atoms with E-state index < -0.39 is 10.8 Å². The van der Waals surface area contributed by atoms with E-state index in [1.165, 1.54) is 0 Å². The molecular formula is C10H11NOS. The van der Waals surface area contributed by atoms with Crippen molar-refractivity contribution in [3.05, 3.63) is 47.5 Å². The summed E-state index contributed by atoms with van der Waals surface area (Å²) in [6, 6.07) is 9.92. The van der Waals surface area contributed by atoms with Gasteiger partial charge in [-0.25, -0.2) is 0 Å². The molecule has 1 heterocycles. The van der Waals surface area contributed by atoms with Crippen molar-refractivity contribution in [1.82, 2.24) is 4.90 Å². The third-order valence-corrected chi connectivity index (χ3v) is 3.54. The van der Waals surface area contributed by atoms with E-state index >= 15 is 0 Å². The van der Waals surface area contributed by atoms with E-state index in [4.69, 9.17) is 0 Å². The van der Waals surface area contributed by atoms with E-state index in [0.717, 1.165) is 5.56 Å². The minimum absolute atomic E-state index is 0.00111. The van der Waals surface area contributed by atoms with Gasteiger partial charge in [0.25, 0.3) is 0 Å². The lowest BCUT2D eigenvalue weighted by Crippen LogP contribution is -2.16. The molecule has 13 heavy (non-hydrogen) atoms. The van der Waals surface area contributed by atoms with Gasteiger partial charge in [0.15, 0.2) is 0 Å². The molecule has 0 N–H and O–H groups in total. The highest BCUT2D eigenvalue weighted by atomic mass is 32.2. The summed E-state index contributed by atoms with van der Waals surface area (Å²) in [4.78, 5) is 1.98. The number of nitrogens with zero attached hydrogens (tertiary/aromatic N) is 1. The Hall–Kier alpha value is -1.09. The van der Waals surface area contributed by atoms with Crippen LogP contribution in [0, 0.1) is 0 Å². The van der Waals surface area contributed by atoms with Gasteiger partial charge in [-0.2, -0.15) is 0 Å². The zero-order valence-corrected chi connectivity index (χ0v) is 8.20. The fourth-order valence-corrected chi connectivity index (χ4v) is 2.74. The van der Waals surface area contributed by atoms with E-state index in [1.807, 2.05) is 48.5 Å². The van der Waals surface area contributed by atoms with Crippen molar-refractivity contribution in [2.24, 2.45) is 0 Å². The van der Waals surface area contributed by atoms with Crippen molar-refractivity contribution < 1.29 is 4.21 Å². The standard InChI is InChI=1S/C10H11NOS/c1-11-7-8-13(12)10(11)9-5-3-2-4-6-9/h2-8,10H,1H3. The first-order chi connectivity index (χ1) is 6.29. The van der Waals surface area contributed by atoms with Gasteiger partial charge in [0.1, 0.15) is 5.37 Å². The van der Waals surface area contributed by atoms with Gasteiger partial charge in [0.2, 0.25) is 0 Å². The highest BCUT2D eigenvalue weighted by Crippen LogP contribution is 2.28. The molecule has 2 unspecified atom stereocenters. The van der Waals surface area contributed by atoms with E-state index in [-0.39, 0.29) is 5.37 Å². The normalized spacial score (nSPS) is 26.7.